The number of amides is 1. The summed E-state index contributed by atoms with van der Waals surface area (Å²) >= 11 is 5.80. The van der Waals surface area contributed by atoms with E-state index in [1.807, 2.05) is 0 Å². The van der Waals surface area contributed by atoms with Gasteiger partial charge in [0, 0.05) is 16.5 Å². The lowest BCUT2D eigenvalue weighted by Gasteiger charge is -2.01. The first kappa shape index (κ1) is 12.0. The third-order valence-corrected chi connectivity index (χ3v) is 3.02. The second-order valence-corrected chi connectivity index (χ2v) is 4.75. The molecule has 1 saturated carbocycles. The third kappa shape index (κ3) is 2.85. The molecule has 1 aromatic heterocycles. The quantitative estimate of drug-likeness (QED) is 0.839. The molecular formula is C12H11ClN4O2. The summed E-state index contributed by atoms with van der Waals surface area (Å²) < 4.78 is 4.98. The van der Waals surface area contributed by atoms with Gasteiger partial charge in [-0.3, -0.25) is 10.2 Å². The molecule has 0 atom stereocenters. The van der Waals surface area contributed by atoms with Gasteiger partial charge in [-0.05, 0) is 37.1 Å². The standard InChI is InChI=1S/C12H11ClN4O2/c13-9-5-3-7(4-6-9)10-14-12(19-17-10)16-15-11(18)8-1-2-8/h3-6,8H,1-2H2,(H,15,18)(H,14,16,17). The molecule has 19 heavy (non-hydrogen) atoms. The average Bonchev–Trinajstić information content (AvgIpc) is 3.16. The smallest absolute Gasteiger partial charge is 0.313 e. The summed E-state index contributed by atoms with van der Waals surface area (Å²) in [6.07, 6.45) is 1.88. The van der Waals surface area contributed by atoms with Crippen LogP contribution >= 0.6 is 11.6 Å². The van der Waals surface area contributed by atoms with Crippen molar-refractivity contribution in [3.63, 3.8) is 0 Å². The van der Waals surface area contributed by atoms with Gasteiger partial charge in [0.05, 0.1) is 0 Å². The van der Waals surface area contributed by atoms with E-state index in [9.17, 15) is 4.79 Å². The summed E-state index contributed by atoms with van der Waals surface area (Å²) in [6.45, 7) is 0. The molecule has 0 saturated heterocycles. The van der Waals surface area contributed by atoms with E-state index >= 15 is 0 Å². The Morgan fingerprint density at radius 2 is 2.05 bits per heavy atom. The molecule has 1 aromatic carbocycles. The minimum Gasteiger partial charge on any atom is -0.313 e. The molecule has 1 heterocycles. The van der Waals surface area contributed by atoms with E-state index in [2.05, 4.69) is 21.0 Å². The summed E-state index contributed by atoms with van der Waals surface area (Å²) in [5.41, 5.74) is 5.92. The molecule has 98 valence electrons. The van der Waals surface area contributed by atoms with Crippen molar-refractivity contribution in [1.29, 1.82) is 0 Å². The summed E-state index contributed by atoms with van der Waals surface area (Å²) in [5, 5.41) is 4.45. The van der Waals surface area contributed by atoms with Crippen LogP contribution < -0.4 is 10.9 Å². The fourth-order valence-corrected chi connectivity index (χ4v) is 1.68. The number of carbonyl (C=O) groups is 1. The first-order valence-corrected chi connectivity index (χ1v) is 6.26. The zero-order chi connectivity index (χ0) is 13.2. The monoisotopic (exact) mass is 278 g/mol. The number of anilines is 1. The lowest BCUT2D eigenvalue weighted by molar-refractivity contribution is -0.121. The van der Waals surface area contributed by atoms with Crippen molar-refractivity contribution in [3.8, 4) is 11.4 Å². The maximum absolute atomic E-state index is 11.4. The van der Waals surface area contributed by atoms with Gasteiger partial charge in [0.1, 0.15) is 0 Å². The molecule has 0 spiro atoms. The van der Waals surface area contributed by atoms with Crippen LogP contribution in [0, 0.1) is 5.92 Å². The van der Waals surface area contributed by atoms with Gasteiger partial charge >= 0.3 is 6.01 Å². The highest BCUT2D eigenvalue weighted by Gasteiger charge is 2.29. The van der Waals surface area contributed by atoms with E-state index in [1.54, 1.807) is 24.3 Å². The van der Waals surface area contributed by atoms with Gasteiger partial charge in [0.2, 0.25) is 11.7 Å². The van der Waals surface area contributed by atoms with Crippen molar-refractivity contribution >= 4 is 23.5 Å². The summed E-state index contributed by atoms with van der Waals surface area (Å²) in [5.74, 6) is 0.497. The highest BCUT2D eigenvalue weighted by atomic mass is 35.5. The maximum Gasteiger partial charge on any atom is 0.340 e. The van der Waals surface area contributed by atoms with E-state index in [4.69, 9.17) is 16.1 Å². The van der Waals surface area contributed by atoms with Gasteiger partial charge in [0.15, 0.2) is 0 Å². The maximum atomic E-state index is 11.4. The van der Waals surface area contributed by atoms with Gasteiger partial charge in [-0.2, -0.15) is 4.98 Å². The Bertz CT molecular complexity index is 592. The molecule has 2 N–H and O–H groups in total. The number of nitrogens with one attached hydrogen (secondary N) is 2. The van der Waals surface area contributed by atoms with E-state index in [-0.39, 0.29) is 17.8 Å². The van der Waals surface area contributed by atoms with Crippen molar-refractivity contribution in [3.05, 3.63) is 29.3 Å². The minimum absolute atomic E-state index is 0.0498. The van der Waals surface area contributed by atoms with E-state index in [0.29, 0.717) is 10.8 Å². The zero-order valence-corrected chi connectivity index (χ0v) is 10.6. The molecule has 1 amide bonds. The number of benzene rings is 1. The molecule has 0 unspecified atom stereocenters. The first-order chi connectivity index (χ1) is 9.22. The lowest BCUT2D eigenvalue weighted by Crippen LogP contribution is -2.30. The van der Waals surface area contributed by atoms with Crippen LogP contribution in [-0.4, -0.2) is 16.0 Å². The van der Waals surface area contributed by atoms with Crippen LogP contribution in [-0.2, 0) is 4.79 Å². The van der Waals surface area contributed by atoms with Crippen molar-refractivity contribution in [2.75, 3.05) is 5.43 Å². The largest absolute Gasteiger partial charge is 0.340 e. The second-order valence-electron chi connectivity index (χ2n) is 4.32. The van der Waals surface area contributed by atoms with E-state index < -0.39 is 0 Å². The molecular weight excluding hydrogens is 268 g/mol. The van der Waals surface area contributed by atoms with Crippen LogP contribution in [0.15, 0.2) is 28.8 Å². The summed E-state index contributed by atoms with van der Waals surface area (Å²) in [7, 11) is 0. The number of hydrogen-bond donors (Lipinski definition) is 2. The van der Waals surface area contributed by atoms with Crippen LogP contribution in [0.2, 0.25) is 5.02 Å². The summed E-state index contributed by atoms with van der Waals surface area (Å²) in [6, 6.07) is 7.23. The van der Waals surface area contributed by atoms with Gasteiger partial charge in [-0.25, -0.2) is 5.43 Å². The van der Waals surface area contributed by atoms with Crippen molar-refractivity contribution in [2.45, 2.75) is 12.8 Å². The van der Waals surface area contributed by atoms with Crippen molar-refractivity contribution < 1.29 is 9.32 Å². The van der Waals surface area contributed by atoms with Gasteiger partial charge in [-0.1, -0.05) is 16.8 Å². The van der Waals surface area contributed by atoms with Crippen LogP contribution in [0.25, 0.3) is 11.4 Å². The fraction of sp³-hybridized carbons (Fsp3) is 0.250. The normalized spacial score (nSPS) is 14.2. The molecule has 0 aliphatic heterocycles. The Balaban J connectivity index is 1.65. The molecule has 1 aliphatic carbocycles. The minimum atomic E-state index is -0.0498. The number of aromatic nitrogens is 2. The number of rotatable bonds is 4. The fourth-order valence-electron chi connectivity index (χ4n) is 1.55. The molecule has 7 heteroatoms. The Hall–Kier alpha value is -2.08. The zero-order valence-electron chi connectivity index (χ0n) is 9.89. The van der Waals surface area contributed by atoms with Crippen molar-refractivity contribution in [1.82, 2.24) is 15.6 Å². The van der Waals surface area contributed by atoms with E-state index in [0.717, 1.165) is 18.4 Å². The Morgan fingerprint density at radius 1 is 1.32 bits per heavy atom. The van der Waals surface area contributed by atoms with E-state index in [1.165, 1.54) is 0 Å². The predicted molar refractivity (Wildman–Crippen MR) is 69.2 cm³/mol. The van der Waals surface area contributed by atoms with Crippen LogP contribution in [0.3, 0.4) is 0 Å². The Kier molecular flexibility index (Phi) is 3.08. The highest BCUT2D eigenvalue weighted by molar-refractivity contribution is 6.30. The number of carbonyl (C=O) groups excluding carboxylic acids is 1. The summed E-state index contributed by atoms with van der Waals surface area (Å²) in [4.78, 5) is 15.5. The topological polar surface area (TPSA) is 80.0 Å². The average molecular weight is 279 g/mol. The molecule has 0 radical (unpaired) electrons. The molecule has 0 bridgehead atoms. The highest BCUT2D eigenvalue weighted by Crippen LogP contribution is 2.28. The van der Waals surface area contributed by atoms with Gasteiger partial charge in [-0.15, -0.1) is 0 Å². The van der Waals surface area contributed by atoms with Crippen LogP contribution in [0.5, 0.6) is 0 Å². The SMILES string of the molecule is O=C(NNc1nc(-c2ccc(Cl)cc2)no1)C1CC1. The van der Waals surface area contributed by atoms with Gasteiger partial charge in [0.25, 0.3) is 0 Å². The Labute approximate surface area is 114 Å². The number of nitrogens with zero attached hydrogens (tertiary/aromatic N) is 2. The molecule has 3 rings (SSSR count). The number of halogens is 1. The lowest BCUT2D eigenvalue weighted by atomic mass is 10.2. The molecule has 1 fully saturated rings. The Morgan fingerprint density at radius 3 is 2.74 bits per heavy atom. The number of hydrogen-bond acceptors (Lipinski definition) is 5. The number of hydrazine groups is 1. The second kappa shape index (κ2) is 4.89. The van der Waals surface area contributed by atoms with Gasteiger partial charge < -0.3 is 4.52 Å². The molecule has 6 nitrogen and oxygen atoms in total. The van der Waals surface area contributed by atoms with Crippen LogP contribution in [0.4, 0.5) is 6.01 Å². The predicted octanol–water partition coefficient (Wildman–Crippen LogP) is 2.24. The third-order valence-electron chi connectivity index (χ3n) is 2.77. The van der Waals surface area contributed by atoms with Crippen LogP contribution in [0.1, 0.15) is 12.8 Å². The first-order valence-electron chi connectivity index (χ1n) is 5.88. The molecule has 2 aromatic rings. The van der Waals surface area contributed by atoms with Crippen molar-refractivity contribution in [2.24, 2.45) is 5.92 Å². The molecule has 1 aliphatic rings.